The Morgan fingerprint density at radius 1 is 1.05 bits per heavy atom. The molecule has 2 unspecified atom stereocenters. The van der Waals surface area contributed by atoms with Crippen molar-refractivity contribution in [1.82, 2.24) is 16.0 Å². The van der Waals surface area contributed by atoms with Crippen LogP contribution in [0.15, 0.2) is 0 Å². The lowest BCUT2D eigenvalue weighted by Crippen LogP contribution is -2.50. The molecule has 0 spiro atoms. The maximum Gasteiger partial charge on any atom is 0.334 e. The minimum Gasteiger partial charge on any atom is -0.479 e. The molecule has 8 nitrogen and oxygen atoms in total. The average molecular weight is 275 g/mol. The first-order chi connectivity index (χ1) is 8.73. The van der Waals surface area contributed by atoms with Gasteiger partial charge in [0.2, 0.25) is 5.91 Å². The van der Waals surface area contributed by atoms with Crippen LogP contribution >= 0.6 is 0 Å². The number of aliphatic hydroxyl groups is 1. The largest absolute Gasteiger partial charge is 0.479 e. The molecular weight excluding hydrogens is 254 g/mol. The molecule has 3 amide bonds. The van der Waals surface area contributed by atoms with Gasteiger partial charge < -0.3 is 26.2 Å². The van der Waals surface area contributed by atoms with Crippen LogP contribution in [0, 0.1) is 5.92 Å². The van der Waals surface area contributed by atoms with Crippen LogP contribution in [-0.2, 0) is 9.59 Å². The van der Waals surface area contributed by atoms with E-state index < -0.39 is 30.7 Å². The van der Waals surface area contributed by atoms with E-state index in [-0.39, 0.29) is 5.91 Å². The molecule has 0 aliphatic heterocycles. The van der Waals surface area contributed by atoms with Gasteiger partial charge in [-0.1, -0.05) is 13.8 Å². The van der Waals surface area contributed by atoms with E-state index in [1.165, 1.54) is 6.92 Å². The molecule has 0 saturated carbocycles. The molecule has 5 N–H and O–H groups in total. The number of urea groups is 1. The standard InChI is InChI=1S/C11H21N3O5/c1-6(2)4-12-9(16)7(3)14-11(19)13-5-8(15)10(17)18/h6-8,15H,4-5H2,1-3H3,(H,12,16)(H,17,18)(H2,13,14,19). The molecule has 110 valence electrons. The number of carboxylic acids is 1. The van der Waals surface area contributed by atoms with Gasteiger partial charge >= 0.3 is 12.0 Å². The first kappa shape index (κ1) is 17.2. The molecule has 0 aromatic carbocycles. The predicted molar refractivity (Wildman–Crippen MR) is 67.5 cm³/mol. The van der Waals surface area contributed by atoms with Gasteiger partial charge in [0.15, 0.2) is 6.10 Å². The van der Waals surface area contributed by atoms with Crippen molar-refractivity contribution in [2.24, 2.45) is 5.92 Å². The van der Waals surface area contributed by atoms with Crippen molar-refractivity contribution in [3.05, 3.63) is 0 Å². The van der Waals surface area contributed by atoms with E-state index in [9.17, 15) is 14.4 Å². The lowest BCUT2D eigenvalue weighted by atomic mass is 10.2. The summed E-state index contributed by atoms with van der Waals surface area (Å²) >= 11 is 0. The maximum absolute atomic E-state index is 11.5. The SMILES string of the molecule is CC(C)CNC(=O)C(C)NC(=O)NCC(O)C(=O)O. The summed E-state index contributed by atoms with van der Waals surface area (Å²) in [6, 6.07) is -1.46. The fourth-order valence-corrected chi connectivity index (χ4v) is 1.05. The van der Waals surface area contributed by atoms with Crippen LogP contribution in [0.2, 0.25) is 0 Å². The third-order valence-corrected chi connectivity index (χ3v) is 2.17. The van der Waals surface area contributed by atoms with Gasteiger partial charge in [-0.3, -0.25) is 4.79 Å². The van der Waals surface area contributed by atoms with Gasteiger partial charge in [0.25, 0.3) is 0 Å². The van der Waals surface area contributed by atoms with Gasteiger partial charge in [-0.15, -0.1) is 0 Å². The smallest absolute Gasteiger partial charge is 0.334 e. The number of nitrogens with one attached hydrogen (secondary N) is 3. The summed E-state index contributed by atoms with van der Waals surface area (Å²) in [5.41, 5.74) is 0. The lowest BCUT2D eigenvalue weighted by molar-refractivity contribution is -0.146. The lowest BCUT2D eigenvalue weighted by Gasteiger charge is -2.16. The molecule has 0 radical (unpaired) electrons. The van der Waals surface area contributed by atoms with Crippen molar-refractivity contribution in [2.75, 3.05) is 13.1 Å². The Balaban J connectivity index is 3.98. The number of carbonyl (C=O) groups is 3. The topological polar surface area (TPSA) is 128 Å². The summed E-state index contributed by atoms with van der Waals surface area (Å²) in [5.74, 6) is -1.46. The van der Waals surface area contributed by atoms with Crippen LogP contribution in [0.4, 0.5) is 4.79 Å². The molecule has 0 aromatic heterocycles. The van der Waals surface area contributed by atoms with Crippen molar-refractivity contribution in [3.8, 4) is 0 Å². The van der Waals surface area contributed by atoms with Crippen molar-refractivity contribution >= 4 is 17.9 Å². The van der Waals surface area contributed by atoms with E-state index in [2.05, 4.69) is 16.0 Å². The molecule has 0 aliphatic carbocycles. The molecular formula is C11H21N3O5. The Morgan fingerprint density at radius 3 is 2.11 bits per heavy atom. The number of amides is 3. The van der Waals surface area contributed by atoms with Crippen LogP contribution in [0.5, 0.6) is 0 Å². The highest BCUT2D eigenvalue weighted by molar-refractivity contribution is 5.86. The number of hydrogen-bond acceptors (Lipinski definition) is 4. The van der Waals surface area contributed by atoms with Gasteiger partial charge in [-0.25, -0.2) is 9.59 Å². The fourth-order valence-electron chi connectivity index (χ4n) is 1.05. The summed E-state index contributed by atoms with van der Waals surface area (Å²) in [4.78, 5) is 33.2. The first-order valence-corrected chi connectivity index (χ1v) is 5.97. The van der Waals surface area contributed by atoms with Crippen LogP contribution in [0.25, 0.3) is 0 Å². The Morgan fingerprint density at radius 2 is 1.63 bits per heavy atom. The Kier molecular flexibility index (Phi) is 7.50. The van der Waals surface area contributed by atoms with E-state index in [1.54, 1.807) is 0 Å². The summed E-state index contributed by atoms with van der Waals surface area (Å²) in [6.07, 6.45) is -1.67. The highest BCUT2D eigenvalue weighted by Gasteiger charge is 2.17. The highest BCUT2D eigenvalue weighted by Crippen LogP contribution is 1.89. The molecule has 0 heterocycles. The second kappa shape index (κ2) is 8.30. The van der Waals surface area contributed by atoms with Gasteiger partial charge in [-0.2, -0.15) is 0 Å². The number of carboxylic acid groups (broad SMARTS) is 1. The van der Waals surface area contributed by atoms with Crippen LogP contribution in [-0.4, -0.2) is 53.4 Å². The minimum absolute atomic E-state index is 0.302. The number of carbonyl (C=O) groups excluding carboxylic acids is 2. The molecule has 0 aromatic rings. The fraction of sp³-hybridized carbons (Fsp3) is 0.727. The van der Waals surface area contributed by atoms with Crippen LogP contribution < -0.4 is 16.0 Å². The number of rotatable bonds is 7. The molecule has 0 rings (SSSR count). The number of hydrogen-bond donors (Lipinski definition) is 5. The molecule has 0 saturated heterocycles. The molecule has 0 bridgehead atoms. The molecule has 8 heteroatoms. The third-order valence-electron chi connectivity index (χ3n) is 2.17. The van der Waals surface area contributed by atoms with E-state index in [0.29, 0.717) is 12.5 Å². The summed E-state index contributed by atoms with van der Waals surface area (Å²) < 4.78 is 0. The van der Waals surface area contributed by atoms with E-state index >= 15 is 0 Å². The monoisotopic (exact) mass is 275 g/mol. The number of aliphatic carboxylic acids is 1. The Labute approximate surface area is 111 Å². The van der Waals surface area contributed by atoms with Gasteiger partial charge in [0.1, 0.15) is 6.04 Å². The zero-order chi connectivity index (χ0) is 15.0. The average Bonchev–Trinajstić information content (AvgIpc) is 2.32. The van der Waals surface area contributed by atoms with E-state index in [1.807, 2.05) is 13.8 Å². The quantitative estimate of drug-likeness (QED) is 0.402. The zero-order valence-electron chi connectivity index (χ0n) is 11.3. The van der Waals surface area contributed by atoms with Gasteiger partial charge in [0, 0.05) is 6.54 Å². The van der Waals surface area contributed by atoms with E-state index in [0.717, 1.165) is 0 Å². The summed E-state index contributed by atoms with van der Waals surface area (Å²) in [6.45, 7) is 5.46. The van der Waals surface area contributed by atoms with Crippen molar-refractivity contribution < 1.29 is 24.6 Å². The predicted octanol–water partition coefficient (Wildman–Crippen LogP) is -1.11. The molecule has 19 heavy (non-hydrogen) atoms. The number of aliphatic hydroxyl groups excluding tert-OH is 1. The highest BCUT2D eigenvalue weighted by atomic mass is 16.4. The normalized spacial score (nSPS) is 13.5. The Bertz CT molecular complexity index is 332. The summed E-state index contributed by atoms with van der Waals surface area (Å²) in [5, 5.41) is 24.5. The molecule has 0 fully saturated rings. The minimum atomic E-state index is -1.67. The van der Waals surface area contributed by atoms with Crippen molar-refractivity contribution in [1.29, 1.82) is 0 Å². The van der Waals surface area contributed by atoms with Crippen LogP contribution in [0.3, 0.4) is 0 Å². The third kappa shape index (κ3) is 7.98. The second-order valence-corrected chi connectivity index (χ2v) is 4.57. The van der Waals surface area contributed by atoms with Gasteiger partial charge in [0.05, 0.1) is 6.54 Å². The van der Waals surface area contributed by atoms with Crippen molar-refractivity contribution in [2.45, 2.75) is 32.9 Å². The Hall–Kier alpha value is -1.83. The zero-order valence-corrected chi connectivity index (χ0v) is 11.3. The van der Waals surface area contributed by atoms with Gasteiger partial charge in [-0.05, 0) is 12.8 Å². The van der Waals surface area contributed by atoms with E-state index in [4.69, 9.17) is 10.2 Å². The van der Waals surface area contributed by atoms with Crippen LogP contribution in [0.1, 0.15) is 20.8 Å². The maximum atomic E-state index is 11.5. The molecule has 2 atom stereocenters. The second-order valence-electron chi connectivity index (χ2n) is 4.57. The summed E-state index contributed by atoms with van der Waals surface area (Å²) in [7, 11) is 0. The van der Waals surface area contributed by atoms with Crippen molar-refractivity contribution in [3.63, 3.8) is 0 Å². The first-order valence-electron chi connectivity index (χ1n) is 5.97. The molecule has 0 aliphatic rings.